The van der Waals surface area contributed by atoms with Gasteiger partial charge in [0.2, 0.25) is 0 Å². The number of phenols is 2. The Morgan fingerprint density at radius 2 is 1.25 bits per heavy atom. The molecule has 0 aliphatic carbocycles. The van der Waals surface area contributed by atoms with Crippen molar-refractivity contribution in [1.82, 2.24) is 0 Å². The molecule has 0 aromatic heterocycles. The molecule has 4 heteroatoms. The van der Waals surface area contributed by atoms with E-state index >= 15 is 0 Å². The molecule has 2 N–H and O–H groups in total. The van der Waals surface area contributed by atoms with E-state index in [0.717, 1.165) is 12.1 Å². The first-order valence-corrected chi connectivity index (χ1v) is 3.02. The van der Waals surface area contributed by atoms with Crippen LogP contribution in [-0.2, 0) is 9.59 Å². The Morgan fingerprint density at radius 1 is 0.917 bits per heavy atom. The van der Waals surface area contributed by atoms with Crippen LogP contribution < -0.4 is 10.4 Å². The van der Waals surface area contributed by atoms with Gasteiger partial charge in [-0.05, 0) is 12.1 Å². The van der Waals surface area contributed by atoms with Crippen LogP contribution >= 0.6 is 0 Å². The second-order valence-electron chi connectivity index (χ2n) is 2.06. The number of hydrogen-bond acceptors (Lipinski definition) is 4. The second kappa shape index (κ2) is 2.93. The van der Waals surface area contributed by atoms with Crippen molar-refractivity contribution in [2.45, 2.75) is 0 Å². The molecule has 0 aliphatic rings. The lowest BCUT2D eigenvalue weighted by molar-refractivity contribution is 0.451. The first kappa shape index (κ1) is 8.08. The van der Waals surface area contributed by atoms with Crippen LogP contribution in [0.2, 0.25) is 0 Å². The predicted molar refractivity (Wildman–Crippen MR) is 38.6 cm³/mol. The monoisotopic (exact) mass is 164 g/mol. The fraction of sp³-hybridized carbons (Fsp3) is 0. The fourth-order valence-electron chi connectivity index (χ4n) is 0.787. The van der Waals surface area contributed by atoms with E-state index in [-0.39, 0.29) is 10.4 Å². The molecule has 0 heterocycles. The summed E-state index contributed by atoms with van der Waals surface area (Å²) in [4.78, 5) is 20.4. The minimum atomic E-state index is -0.402. The van der Waals surface area contributed by atoms with Gasteiger partial charge in [-0.3, -0.25) is 0 Å². The summed E-state index contributed by atoms with van der Waals surface area (Å²) in [6.07, 6.45) is 0. The molecule has 0 bridgehead atoms. The van der Waals surface area contributed by atoms with Crippen molar-refractivity contribution in [1.29, 1.82) is 0 Å². The Bertz CT molecular complexity index is 420. The van der Waals surface area contributed by atoms with Gasteiger partial charge in [0.1, 0.15) is 33.8 Å². The summed E-state index contributed by atoms with van der Waals surface area (Å²) in [6, 6.07) is 2.19. The summed E-state index contributed by atoms with van der Waals surface area (Å²) in [7, 11) is 0. The summed E-state index contributed by atoms with van der Waals surface area (Å²) in [6.45, 7) is 0. The van der Waals surface area contributed by atoms with E-state index in [4.69, 9.17) is 10.2 Å². The maximum Gasteiger partial charge on any atom is 0.137 e. The highest BCUT2D eigenvalue weighted by Crippen LogP contribution is 2.01. The van der Waals surface area contributed by atoms with Crippen molar-refractivity contribution >= 4 is 11.9 Å². The molecule has 1 aromatic rings. The molecule has 0 saturated heterocycles. The molecule has 4 nitrogen and oxygen atoms in total. The lowest BCUT2D eigenvalue weighted by atomic mass is 10.2. The quantitative estimate of drug-likeness (QED) is 0.439. The average molecular weight is 164 g/mol. The van der Waals surface area contributed by atoms with Crippen molar-refractivity contribution in [3.05, 3.63) is 22.6 Å². The Balaban J connectivity index is 4.03. The molecule has 0 amide bonds. The van der Waals surface area contributed by atoms with Crippen LogP contribution in [0.1, 0.15) is 0 Å². The first-order chi connectivity index (χ1) is 5.70. The summed E-state index contributed by atoms with van der Waals surface area (Å²) in [5.74, 6) is 1.86. The Morgan fingerprint density at radius 3 is 1.50 bits per heavy atom. The maximum atomic E-state index is 10.2. The maximum absolute atomic E-state index is 10.2. The van der Waals surface area contributed by atoms with Crippen LogP contribution in [0, 0.1) is 0 Å². The van der Waals surface area contributed by atoms with Gasteiger partial charge in [-0.2, -0.15) is 0 Å². The van der Waals surface area contributed by atoms with Crippen LogP contribution in [0.4, 0.5) is 0 Å². The van der Waals surface area contributed by atoms with E-state index in [9.17, 15) is 9.59 Å². The molecule has 0 atom stereocenters. The number of benzene rings is 1. The molecule has 0 fully saturated rings. The fourth-order valence-corrected chi connectivity index (χ4v) is 0.787. The highest BCUT2D eigenvalue weighted by molar-refractivity contribution is 5.60. The topological polar surface area (TPSA) is 74.6 Å². The molecule has 60 valence electrons. The van der Waals surface area contributed by atoms with Crippen LogP contribution in [0.15, 0.2) is 12.1 Å². The zero-order chi connectivity index (χ0) is 9.14. The van der Waals surface area contributed by atoms with Gasteiger partial charge in [-0.1, -0.05) is 0 Å². The molecule has 0 radical (unpaired) electrons. The SMILES string of the molecule is O=C=c1c(O)ccc(O)c1=C=O. The van der Waals surface area contributed by atoms with Gasteiger partial charge in [0.15, 0.2) is 0 Å². The van der Waals surface area contributed by atoms with Gasteiger partial charge in [-0.15, -0.1) is 0 Å². The lowest BCUT2D eigenvalue weighted by Crippen LogP contribution is -2.27. The Kier molecular flexibility index (Phi) is 1.97. The van der Waals surface area contributed by atoms with E-state index in [1.54, 1.807) is 0 Å². The minimum Gasteiger partial charge on any atom is -0.506 e. The van der Waals surface area contributed by atoms with Gasteiger partial charge in [0.05, 0.1) is 0 Å². The smallest absolute Gasteiger partial charge is 0.137 e. The Hall–Kier alpha value is -2.02. The van der Waals surface area contributed by atoms with Crippen LogP contribution in [0.5, 0.6) is 11.5 Å². The van der Waals surface area contributed by atoms with Crippen molar-refractivity contribution in [3.8, 4) is 11.5 Å². The van der Waals surface area contributed by atoms with E-state index in [1.165, 1.54) is 11.9 Å². The number of carbonyl (C=O) groups excluding carboxylic acids is 2. The molecule has 1 aromatic carbocycles. The predicted octanol–water partition coefficient (Wildman–Crippen LogP) is -1.90. The summed E-state index contributed by atoms with van der Waals surface area (Å²) < 4.78 is 0. The third-order valence-electron chi connectivity index (χ3n) is 1.37. The van der Waals surface area contributed by atoms with Crippen LogP contribution in [0.3, 0.4) is 0 Å². The van der Waals surface area contributed by atoms with Crippen molar-refractivity contribution in [2.75, 3.05) is 0 Å². The van der Waals surface area contributed by atoms with Crippen LogP contribution in [-0.4, -0.2) is 22.1 Å². The normalized spacial score (nSPS) is 8.67. The molecular formula is C8H4O4. The summed E-state index contributed by atoms with van der Waals surface area (Å²) >= 11 is 0. The van der Waals surface area contributed by atoms with Crippen LogP contribution in [0.25, 0.3) is 0 Å². The number of aromatic hydroxyl groups is 2. The second-order valence-corrected chi connectivity index (χ2v) is 2.06. The zero-order valence-electron chi connectivity index (χ0n) is 5.87. The average Bonchev–Trinajstić information content (AvgIpc) is 2.08. The number of phenolic OH excluding ortho intramolecular Hbond substituents is 2. The number of rotatable bonds is 0. The van der Waals surface area contributed by atoms with E-state index in [2.05, 4.69) is 0 Å². The molecule has 0 aliphatic heterocycles. The van der Waals surface area contributed by atoms with Crippen molar-refractivity contribution in [3.63, 3.8) is 0 Å². The largest absolute Gasteiger partial charge is 0.506 e. The summed E-state index contributed by atoms with van der Waals surface area (Å²) in [5.41, 5.74) is 0. The zero-order valence-corrected chi connectivity index (χ0v) is 5.87. The van der Waals surface area contributed by atoms with Crippen molar-refractivity contribution in [2.24, 2.45) is 0 Å². The molecule has 1 rings (SSSR count). The van der Waals surface area contributed by atoms with Gasteiger partial charge in [-0.25, -0.2) is 9.59 Å². The van der Waals surface area contributed by atoms with Gasteiger partial charge < -0.3 is 10.2 Å². The molecule has 12 heavy (non-hydrogen) atoms. The van der Waals surface area contributed by atoms with Gasteiger partial charge in [0, 0.05) is 0 Å². The highest BCUT2D eigenvalue weighted by Gasteiger charge is 2.00. The Labute approximate surface area is 66.7 Å². The minimum absolute atomic E-state index is 0.370. The molecule has 0 spiro atoms. The molecule has 0 saturated carbocycles. The highest BCUT2D eigenvalue weighted by atomic mass is 16.3. The third kappa shape index (κ3) is 1.08. The van der Waals surface area contributed by atoms with Gasteiger partial charge in [0.25, 0.3) is 0 Å². The van der Waals surface area contributed by atoms with Crippen molar-refractivity contribution < 1.29 is 19.8 Å². The number of hydrogen-bond donors (Lipinski definition) is 2. The van der Waals surface area contributed by atoms with Gasteiger partial charge >= 0.3 is 0 Å². The van der Waals surface area contributed by atoms with E-state index in [0.29, 0.717) is 0 Å². The first-order valence-electron chi connectivity index (χ1n) is 3.02. The molecule has 0 unspecified atom stereocenters. The summed E-state index contributed by atoms with van der Waals surface area (Å²) in [5, 5.41) is 17.2. The third-order valence-corrected chi connectivity index (χ3v) is 1.37. The van der Waals surface area contributed by atoms with E-state index < -0.39 is 11.5 Å². The lowest BCUT2D eigenvalue weighted by Gasteiger charge is -1.91. The van der Waals surface area contributed by atoms with E-state index in [1.807, 2.05) is 0 Å². The standard InChI is InChI=1S/C8H4O4/c9-3-5-6(4-10)8(12)2-1-7(5)11/h1-2,11-12H. The molecular weight excluding hydrogens is 160 g/mol.